The molecule has 6 heteroatoms. The lowest BCUT2D eigenvalue weighted by molar-refractivity contribution is -0.153. The third-order valence-corrected chi connectivity index (χ3v) is 3.65. The normalized spacial score (nSPS) is 22.1. The molecule has 0 radical (unpaired) electrons. The highest BCUT2D eigenvalue weighted by molar-refractivity contribution is 6.34. The van der Waals surface area contributed by atoms with Crippen LogP contribution in [0.3, 0.4) is 0 Å². The van der Waals surface area contributed by atoms with E-state index in [4.69, 9.17) is 4.74 Å². The Bertz CT molecular complexity index is 308. The van der Waals surface area contributed by atoms with E-state index in [1.165, 1.54) is 0 Å². The van der Waals surface area contributed by atoms with Gasteiger partial charge in [0.25, 0.3) is 0 Å². The monoisotopic (exact) mass is 255 g/mol. The molecule has 2 fully saturated rings. The molecule has 0 aromatic heterocycles. The molecule has 1 N–H and O–H groups in total. The summed E-state index contributed by atoms with van der Waals surface area (Å²) in [6.45, 7) is 4.03. The summed E-state index contributed by atoms with van der Waals surface area (Å²) >= 11 is 0. The second-order valence-electron chi connectivity index (χ2n) is 4.77. The highest BCUT2D eigenvalue weighted by atomic mass is 16.5. The van der Waals surface area contributed by atoms with Crippen molar-refractivity contribution in [3.05, 3.63) is 0 Å². The molecular formula is C12H21N3O3. The van der Waals surface area contributed by atoms with Crippen molar-refractivity contribution in [2.45, 2.75) is 18.9 Å². The number of methoxy groups -OCH3 is 1. The van der Waals surface area contributed by atoms with Crippen LogP contribution in [0.1, 0.15) is 12.8 Å². The Kier molecular flexibility index (Phi) is 4.54. The minimum atomic E-state index is -0.355. The number of nitrogens with one attached hydrogen (secondary N) is 1. The van der Waals surface area contributed by atoms with Crippen molar-refractivity contribution in [2.75, 3.05) is 46.4 Å². The first kappa shape index (κ1) is 13.3. The van der Waals surface area contributed by atoms with E-state index in [0.717, 1.165) is 25.9 Å². The Morgan fingerprint density at radius 1 is 1.00 bits per heavy atom. The molecule has 2 aliphatic rings. The van der Waals surface area contributed by atoms with E-state index in [-0.39, 0.29) is 17.9 Å². The number of piperidine rings is 1. The standard InChI is InChI=1S/C12H21N3O3/c1-18-10-2-6-14(7-3-10)11(16)12(17)15-8-4-13-5-9-15/h10,13H,2-9H2,1H3. The van der Waals surface area contributed by atoms with Crippen molar-refractivity contribution in [1.29, 1.82) is 0 Å². The molecule has 2 aliphatic heterocycles. The number of rotatable bonds is 1. The molecule has 0 aromatic carbocycles. The van der Waals surface area contributed by atoms with Crippen LogP contribution in [0.5, 0.6) is 0 Å². The Morgan fingerprint density at radius 3 is 2.00 bits per heavy atom. The second kappa shape index (κ2) is 6.15. The van der Waals surface area contributed by atoms with Gasteiger partial charge in [0, 0.05) is 46.4 Å². The summed E-state index contributed by atoms with van der Waals surface area (Å²) in [7, 11) is 1.69. The highest BCUT2D eigenvalue weighted by Crippen LogP contribution is 2.13. The molecule has 0 unspecified atom stereocenters. The predicted molar refractivity (Wildman–Crippen MR) is 66.1 cm³/mol. The van der Waals surface area contributed by atoms with Crippen molar-refractivity contribution < 1.29 is 14.3 Å². The van der Waals surface area contributed by atoms with E-state index >= 15 is 0 Å². The van der Waals surface area contributed by atoms with Crippen LogP contribution in [0.2, 0.25) is 0 Å². The van der Waals surface area contributed by atoms with Crippen molar-refractivity contribution in [1.82, 2.24) is 15.1 Å². The maximum Gasteiger partial charge on any atom is 0.312 e. The summed E-state index contributed by atoms with van der Waals surface area (Å²) in [5.74, 6) is -0.709. The maximum atomic E-state index is 12.1. The number of carbonyl (C=O) groups excluding carboxylic acids is 2. The summed E-state index contributed by atoms with van der Waals surface area (Å²) < 4.78 is 5.25. The van der Waals surface area contributed by atoms with Gasteiger partial charge in [0.05, 0.1) is 6.10 Å². The largest absolute Gasteiger partial charge is 0.381 e. The van der Waals surface area contributed by atoms with Crippen LogP contribution in [-0.4, -0.2) is 74.1 Å². The second-order valence-corrected chi connectivity index (χ2v) is 4.77. The van der Waals surface area contributed by atoms with Gasteiger partial charge in [0.1, 0.15) is 0 Å². The SMILES string of the molecule is COC1CCN(C(=O)C(=O)N2CCNCC2)CC1. The lowest BCUT2D eigenvalue weighted by Crippen LogP contribution is -2.53. The fourth-order valence-corrected chi connectivity index (χ4v) is 2.43. The van der Waals surface area contributed by atoms with E-state index in [1.807, 2.05) is 0 Å². The van der Waals surface area contributed by atoms with E-state index in [9.17, 15) is 9.59 Å². The summed E-state index contributed by atoms with van der Waals surface area (Å²) in [5, 5.41) is 3.17. The fraction of sp³-hybridized carbons (Fsp3) is 0.833. The van der Waals surface area contributed by atoms with Gasteiger partial charge >= 0.3 is 11.8 Å². The smallest absolute Gasteiger partial charge is 0.312 e. The van der Waals surface area contributed by atoms with E-state index in [1.54, 1.807) is 16.9 Å². The van der Waals surface area contributed by atoms with E-state index < -0.39 is 0 Å². The zero-order valence-corrected chi connectivity index (χ0v) is 10.9. The van der Waals surface area contributed by atoms with Crippen LogP contribution in [0.25, 0.3) is 0 Å². The highest BCUT2D eigenvalue weighted by Gasteiger charge is 2.30. The molecule has 2 heterocycles. The molecule has 0 saturated carbocycles. The third-order valence-electron chi connectivity index (χ3n) is 3.65. The lowest BCUT2D eigenvalue weighted by Gasteiger charge is -2.33. The number of nitrogens with zero attached hydrogens (tertiary/aromatic N) is 2. The average molecular weight is 255 g/mol. The first-order valence-electron chi connectivity index (χ1n) is 6.54. The van der Waals surface area contributed by atoms with Gasteiger partial charge in [-0.15, -0.1) is 0 Å². The third kappa shape index (κ3) is 3.00. The number of ether oxygens (including phenoxy) is 1. The molecule has 2 amide bonds. The maximum absolute atomic E-state index is 12.1. The van der Waals surface area contributed by atoms with Crippen molar-refractivity contribution in [2.24, 2.45) is 0 Å². The molecule has 6 nitrogen and oxygen atoms in total. The van der Waals surface area contributed by atoms with Gasteiger partial charge < -0.3 is 19.9 Å². The Balaban J connectivity index is 1.85. The zero-order valence-electron chi connectivity index (χ0n) is 10.9. The molecule has 0 bridgehead atoms. The number of hydrogen-bond donors (Lipinski definition) is 1. The fourth-order valence-electron chi connectivity index (χ4n) is 2.43. The number of carbonyl (C=O) groups is 2. The first-order chi connectivity index (χ1) is 8.72. The summed E-state index contributed by atoms with van der Waals surface area (Å²) in [5.41, 5.74) is 0. The summed E-state index contributed by atoms with van der Waals surface area (Å²) in [6.07, 6.45) is 1.86. The van der Waals surface area contributed by atoms with Crippen LogP contribution >= 0.6 is 0 Å². The number of amides is 2. The molecule has 0 spiro atoms. The van der Waals surface area contributed by atoms with Crippen molar-refractivity contribution >= 4 is 11.8 Å². The van der Waals surface area contributed by atoms with Gasteiger partial charge in [-0.25, -0.2) is 0 Å². The quantitative estimate of drug-likeness (QED) is 0.614. The molecular weight excluding hydrogens is 234 g/mol. The van der Waals surface area contributed by atoms with Crippen LogP contribution in [0, 0.1) is 0 Å². The molecule has 0 aliphatic carbocycles. The topological polar surface area (TPSA) is 61.9 Å². The van der Waals surface area contributed by atoms with Crippen LogP contribution in [0.15, 0.2) is 0 Å². The molecule has 102 valence electrons. The predicted octanol–water partition coefficient (Wildman–Crippen LogP) is -0.944. The van der Waals surface area contributed by atoms with Gasteiger partial charge in [-0.1, -0.05) is 0 Å². The first-order valence-corrected chi connectivity index (χ1v) is 6.54. The zero-order chi connectivity index (χ0) is 13.0. The van der Waals surface area contributed by atoms with Crippen molar-refractivity contribution in [3.63, 3.8) is 0 Å². The number of piperazine rings is 1. The van der Waals surface area contributed by atoms with Crippen LogP contribution in [0.4, 0.5) is 0 Å². The van der Waals surface area contributed by atoms with Gasteiger partial charge in [-0.05, 0) is 12.8 Å². The van der Waals surface area contributed by atoms with Gasteiger partial charge in [0.15, 0.2) is 0 Å². The van der Waals surface area contributed by atoms with Crippen LogP contribution in [-0.2, 0) is 14.3 Å². The molecule has 0 aromatic rings. The van der Waals surface area contributed by atoms with Gasteiger partial charge in [-0.2, -0.15) is 0 Å². The average Bonchev–Trinajstić information content (AvgIpc) is 2.47. The molecule has 2 saturated heterocycles. The lowest BCUT2D eigenvalue weighted by atomic mass is 10.1. The molecule has 2 rings (SSSR count). The summed E-state index contributed by atoms with van der Waals surface area (Å²) in [4.78, 5) is 27.4. The van der Waals surface area contributed by atoms with E-state index in [2.05, 4.69) is 5.32 Å². The number of likely N-dealkylation sites (tertiary alicyclic amines) is 1. The minimum Gasteiger partial charge on any atom is -0.381 e. The summed E-state index contributed by atoms with van der Waals surface area (Å²) in [6, 6.07) is 0. The van der Waals surface area contributed by atoms with Crippen LogP contribution < -0.4 is 5.32 Å². The Labute approximate surface area is 107 Å². The van der Waals surface area contributed by atoms with E-state index in [0.29, 0.717) is 26.2 Å². The van der Waals surface area contributed by atoms with Gasteiger partial charge in [-0.3, -0.25) is 9.59 Å². The Hall–Kier alpha value is -1.14. The minimum absolute atomic E-state index is 0.225. The molecule has 0 atom stereocenters. The van der Waals surface area contributed by atoms with Crippen molar-refractivity contribution in [3.8, 4) is 0 Å². The Morgan fingerprint density at radius 2 is 1.50 bits per heavy atom. The van der Waals surface area contributed by atoms with Gasteiger partial charge in [0.2, 0.25) is 0 Å². The number of hydrogen-bond acceptors (Lipinski definition) is 4. The molecule has 18 heavy (non-hydrogen) atoms.